The van der Waals surface area contributed by atoms with Crippen molar-refractivity contribution in [1.82, 2.24) is 10.6 Å². The number of carbonyl (C=O) groups excluding carboxylic acids is 2. The van der Waals surface area contributed by atoms with Gasteiger partial charge < -0.3 is 15.4 Å². The molecule has 5 heteroatoms. The van der Waals surface area contributed by atoms with E-state index in [-0.39, 0.29) is 11.9 Å². The maximum atomic E-state index is 11.7. The number of esters is 1. The summed E-state index contributed by atoms with van der Waals surface area (Å²) >= 11 is 0. The van der Waals surface area contributed by atoms with Crippen molar-refractivity contribution >= 4 is 11.9 Å². The predicted molar refractivity (Wildman–Crippen MR) is 64.4 cm³/mol. The summed E-state index contributed by atoms with van der Waals surface area (Å²) in [5.74, 6) is 0.323. The van der Waals surface area contributed by atoms with Crippen molar-refractivity contribution in [3.05, 3.63) is 0 Å². The Labute approximate surface area is 102 Å². The quantitative estimate of drug-likeness (QED) is 0.657. The number of hydrogen-bond acceptors (Lipinski definition) is 4. The molecule has 2 N–H and O–H groups in total. The van der Waals surface area contributed by atoms with Gasteiger partial charge in [0.15, 0.2) is 0 Å². The number of methoxy groups -OCH3 is 1. The third-order valence-corrected chi connectivity index (χ3v) is 2.87. The summed E-state index contributed by atoms with van der Waals surface area (Å²) in [5.41, 5.74) is 0. The lowest BCUT2D eigenvalue weighted by Gasteiger charge is -2.27. The van der Waals surface area contributed by atoms with Crippen LogP contribution in [0.1, 0.15) is 26.7 Å². The molecule has 1 heterocycles. The molecule has 1 aliphatic heterocycles. The van der Waals surface area contributed by atoms with E-state index in [9.17, 15) is 9.59 Å². The van der Waals surface area contributed by atoms with Crippen LogP contribution in [0.4, 0.5) is 0 Å². The molecule has 0 saturated carbocycles. The summed E-state index contributed by atoms with van der Waals surface area (Å²) in [6.07, 6.45) is 1.10. The Morgan fingerprint density at radius 2 is 2.06 bits per heavy atom. The fraction of sp³-hybridized carbons (Fsp3) is 0.833. The second kappa shape index (κ2) is 6.59. The molecule has 1 saturated heterocycles. The van der Waals surface area contributed by atoms with Crippen molar-refractivity contribution in [2.75, 3.05) is 20.2 Å². The average molecular weight is 242 g/mol. The van der Waals surface area contributed by atoms with Crippen molar-refractivity contribution < 1.29 is 14.3 Å². The van der Waals surface area contributed by atoms with Crippen LogP contribution in [-0.4, -0.2) is 38.1 Å². The van der Waals surface area contributed by atoms with Crippen molar-refractivity contribution in [3.8, 4) is 0 Å². The minimum absolute atomic E-state index is 0.0625. The maximum Gasteiger partial charge on any atom is 0.328 e. The van der Waals surface area contributed by atoms with Gasteiger partial charge in [-0.2, -0.15) is 0 Å². The minimum Gasteiger partial charge on any atom is -0.467 e. The largest absolute Gasteiger partial charge is 0.467 e. The normalized spacial score (nSPS) is 17.4. The number of rotatable bonds is 6. The van der Waals surface area contributed by atoms with E-state index in [2.05, 4.69) is 10.6 Å². The average Bonchev–Trinajstić information content (AvgIpc) is 2.21. The number of nitrogens with one attached hydrogen (secondary N) is 2. The molecule has 1 aliphatic rings. The molecule has 1 atom stereocenters. The van der Waals surface area contributed by atoms with Crippen LogP contribution in [0.2, 0.25) is 0 Å². The van der Waals surface area contributed by atoms with E-state index < -0.39 is 6.04 Å². The van der Waals surface area contributed by atoms with Gasteiger partial charge >= 0.3 is 5.97 Å². The summed E-state index contributed by atoms with van der Waals surface area (Å²) in [6.45, 7) is 5.80. The molecule has 0 aromatic carbocycles. The first-order valence-corrected chi connectivity index (χ1v) is 6.10. The lowest BCUT2D eigenvalue weighted by Crippen LogP contribution is -2.47. The van der Waals surface area contributed by atoms with Gasteiger partial charge in [0.05, 0.1) is 7.11 Å². The van der Waals surface area contributed by atoms with Crippen LogP contribution in [-0.2, 0) is 14.3 Å². The molecule has 0 radical (unpaired) electrons. The Morgan fingerprint density at radius 3 is 2.47 bits per heavy atom. The van der Waals surface area contributed by atoms with Gasteiger partial charge in [0, 0.05) is 6.42 Å². The van der Waals surface area contributed by atoms with Gasteiger partial charge in [0.25, 0.3) is 0 Å². The standard InChI is InChI=1S/C12H22N2O3/c1-8(2)4-10(12(16)17-3)14-11(15)5-9-6-13-7-9/h8-10,13H,4-7H2,1-3H3,(H,14,15). The van der Waals surface area contributed by atoms with Crippen LogP contribution < -0.4 is 10.6 Å². The van der Waals surface area contributed by atoms with Gasteiger partial charge in [-0.1, -0.05) is 13.8 Å². The molecule has 0 aromatic rings. The van der Waals surface area contributed by atoms with Gasteiger partial charge in [-0.15, -0.1) is 0 Å². The Balaban J connectivity index is 2.40. The Kier molecular flexibility index (Phi) is 5.41. The number of hydrogen-bond donors (Lipinski definition) is 2. The van der Waals surface area contributed by atoms with Crippen LogP contribution >= 0.6 is 0 Å². The Bertz CT molecular complexity index is 275. The van der Waals surface area contributed by atoms with Crippen LogP contribution in [0.15, 0.2) is 0 Å². The highest BCUT2D eigenvalue weighted by molar-refractivity contribution is 5.84. The monoisotopic (exact) mass is 242 g/mol. The molecule has 1 fully saturated rings. The summed E-state index contributed by atoms with van der Waals surface area (Å²) in [6, 6.07) is -0.513. The molecule has 1 amide bonds. The van der Waals surface area contributed by atoms with E-state index >= 15 is 0 Å². The van der Waals surface area contributed by atoms with E-state index in [0.29, 0.717) is 24.7 Å². The molecule has 0 bridgehead atoms. The number of carbonyl (C=O) groups is 2. The SMILES string of the molecule is COC(=O)C(CC(C)C)NC(=O)CC1CNC1. The predicted octanol–water partition coefficient (Wildman–Crippen LogP) is 0.300. The third kappa shape index (κ3) is 4.73. The first-order chi connectivity index (χ1) is 8.02. The summed E-state index contributed by atoms with van der Waals surface area (Å²) < 4.78 is 4.69. The molecule has 17 heavy (non-hydrogen) atoms. The van der Waals surface area contributed by atoms with Crippen LogP contribution in [0.3, 0.4) is 0 Å². The molecular weight excluding hydrogens is 220 g/mol. The lowest BCUT2D eigenvalue weighted by molar-refractivity contribution is -0.145. The van der Waals surface area contributed by atoms with Crippen molar-refractivity contribution in [1.29, 1.82) is 0 Å². The molecule has 1 unspecified atom stereocenters. The van der Waals surface area contributed by atoms with Gasteiger partial charge in [0.1, 0.15) is 6.04 Å². The zero-order chi connectivity index (χ0) is 12.8. The van der Waals surface area contributed by atoms with E-state index in [0.717, 1.165) is 13.1 Å². The third-order valence-electron chi connectivity index (χ3n) is 2.87. The minimum atomic E-state index is -0.513. The first kappa shape index (κ1) is 14.0. The van der Waals surface area contributed by atoms with Gasteiger partial charge in [-0.3, -0.25) is 4.79 Å². The molecule has 0 aromatic heterocycles. The first-order valence-electron chi connectivity index (χ1n) is 6.10. The highest BCUT2D eigenvalue weighted by Gasteiger charge is 2.25. The van der Waals surface area contributed by atoms with Crippen molar-refractivity contribution in [2.45, 2.75) is 32.7 Å². The molecular formula is C12H22N2O3. The van der Waals surface area contributed by atoms with Gasteiger partial charge in [-0.25, -0.2) is 4.79 Å². The van der Waals surface area contributed by atoms with Crippen LogP contribution in [0.25, 0.3) is 0 Å². The van der Waals surface area contributed by atoms with Crippen LogP contribution in [0, 0.1) is 11.8 Å². The topological polar surface area (TPSA) is 67.4 Å². The Hall–Kier alpha value is -1.10. The van der Waals surface area contributed by atoms with E-state index in [4.69, 9.17) is 4.74 Å². The summed E-state index contributed by atoms with van der Waals surface area (Å²) in [5, 5.41) is 5.87. The molecule has 1 rings (SSSR count). The zero-order valence-corrected chi connectivity index (χ0v) is 10.8. The number of ether oxygens (including phenoxy) is 1. The van der Waals surface area contributed by atoms with Gasteiger partial charge in [-0.05, 0) is 31.3 Å². The summed E-state index contributed by atoms with van der Waals surface area (Å²) in [4.78, 5) is 23.2. The maximum absolute atomic E-state index is 11.7. The van der Waals surface area contributed by atoms with Gasteiger partial charge in [0.2, 0.25) is 5.91 Å². The van der Waals surface area contributed by atoms with E-state index in [1.54, 1.807) is 0 Å². The summed E-state index contributed by atoms with van der Waals surface area (Å²) in [7, 11) is 1.34. The van der Waals surface area contributed by atoms with E-state index in [1.165, 1.54) is 7.11 Å². The van der Waals surface area contributed by atoms with Crippen molar-refractivity contribution in [3.63, 3.8) is 0 Å². The highest BCUT2D eigenvalue weighted by atomic mass is 16.5. The lowest BCUT2D eigenvalue weighted by atomic mass is 9.98. The fourth-order valence-corrected chi connectivity index (χ4v) is 1.84. The second-order valence-electron chi connectivity index (χ2n) is 5.00. The second-order valence-corrected chi connectivity index (χ2v) is 5.00. The fourth-order valence-electron chi connectivity index (χ4n) is 1.84. The molecule has 98 valence electrons. The highest BCUT2D eigenvalue weighted by Crippen LogP contribution is 2.10. The molecule has 0 aliphatic carbocycles. The molecule has 0 spiro atoms. The van der Waals surface area contributed by atoms with Crippen LogP contribution in [0.5, 0.6) is 0 Å². The smallest absolute Gasteiger partial charge is 0.328 e. The molecule has 5 nitrogen and oxygen atoms in total. The van der Waals surface area contributed by atoms with E-state index in [1.807, 2.05) is 13.8 Å². The van der Waals surface area contributed by atoms with Crippen molar-refractivity contribution in [2.24, 2.45) is 11.8 Å². The zero-order valence-electron chi connectivity index (χ0n) is 10.8. The Morgan fingerprint density at radius 1 is 1.41 bits per heavy atom. The number of amides is 1.